The summed E-state index contributed by atoms with van der Waals surface area (Å²) in [5, 5.41) is 21.1. The van der Waals surface area contributed by atoms with Crippen molar-refractivity contribution in [3.05, 3.63) is 60.2 Å². The Morgan fingerprint density at radius 3 is 2.59 bits per heavy atom. The zero-order chi connectivity index (χ0) is 20.6. The monoisotopic (exact) mass is 388 g/mol. The number of azo groups is 1. The second-order valence-corrected chi connectivity index (χ2v) is 6.34. The van der Waals surface area contributed by atoms with Gasteiger partial charge in [-0.15, -0.1) is 16.7 Å². The molecule has 0 saturated carbocycles. The van der Waals surface area contributed by atoms with Crippen molar-refractivity contribution in [2.45, 2.75) is 19.4 Å². The van der Waals surface area contributed by atoms with Crippen molar-refractivity contribution in [1.29, 1.82) is 0 Å². The Kier molecular flexibility index (Phi) is 6.38. The van der Waals surface area contributed by atoms with E-state index in [1.807, 2.05) is 36.4 Å². The summed E-state index contributed by atoms with van der Waals surface area (Å²) in [6.45, 7) is -0.103. The number of hydrogen-bond acceptors (Lipinski definition) is 4. The molecule has 0 aliphatic heterocycles. The Hall–Kier alpha value is -3.92. The Balaban J connectivity index is 1.60. The maximum absolute atomic E-state index is 12.0. The van der Waals surface area contributed by atoms with Gasteiger partial charge in [0, 0.05) is 11.8 Å². The summed E-state index contributed by atoms with van der Waals surface area (Å²) < 4.78 is 1.51. The largest absolute Gasteiger partial charge is 0.493 e. The molecule has 3 aromatic rings. The van der Waals surface area contributed by atoms with Crippen LogP contribution in [0.1, 0.15) is 12.0 Å². The van der Waals surface area contributed by atoms with Crippen LogP contribution in [0.5, 0.6) is 5.88 Å². The minimum atomic E-state index is -0.619. The van der Waals surface area contributed by atoms with Gasteiger partial charge >= 0.3 is 0 Å². The van der Waals surface area contributed by atoms with E-state index >= 15 is 0 Å². The number of aromatic nitrogens is 1. The van der Waals surface area contributed by atoms with Crippen LogP contribution in [0.25, 0.3) is 10.9 Å². The second-order valence-electron chi connectivity index (χ2n) is 6.34. The van der Waals surface area contributed by atoms with E-state index in [4.69, 9.17) is 6.42 Å². The number of nitrogens with one attached hydrogen (secondary N) is 1. The highest BCUT2D eigenvalue weighted by Gasteiger charge is 2.16. The summed E-state index contributed by atoms with van der Waals surface area (Å²) in [4.78, 5) is 23.9. The molecule has 7 heteroatoms. The molecule has 2 amide bonds. The number of aromatic hydroxyl groups is 1. The average molecular weight is 388 g/mol. The lowest BCUT2D eigenvalue weighted by Gasteiger charge is -2.02. The first-order chi connectivity index (χ1) is 14.1. The molecule has 0 aliphatic carbocycles. The minimum Gasteiger partial charge on any atom is -0.493 e. The van der Waals surface area contributed by atoms with Gasteiger partial charge < -0.3 is 10.4 Å². The van der Waals surface area contributed by atoms with Crippen molar-refractivity contribution in [2.75, 3.05) is 6.54 Å². The molecule has 0 bridgehead atoms. The molecule has 0 atom stereocenters. The molecule has 0 unspecified atom stereocenters. The molecule has 2 aromatic carbocycles. The van der Waals surface area contributed by atoms with Crippen LogP contribution in [0.3, 0.4) is 0 Å². The van der Waals surface area contributed by atoms with E-state index in [0.29, 0.717) is 17.3 Å². The maximum atomic E-state index is 12.0. The summed E-state index contributed by atoms with van der Waals surface area (Å²) >= 11 is 0. The number of rotatable bonds is 7. The van der Waals surface area contributed by atoms with Crippen LogP contribution >= 0.6 is 0 Å². The molecule has 1 heterocycles. The van der Waals surface area contributed by atoms with Crippen LogP contribution in [0.15, 0.2) is 64.8 Å². The van der Waals surface area contributed by atoms with E-state index < -0.39 is 5.91 Å². The third-order valence-electron chi connectivity index (χ3n) is 4.35. The lowest BCUT2D eigenvalue weighted by molar-refractivity contribution is -0.124. The lowest BCUT2D eigenvalue weighted by atomic mass is 10.1. The highest BCUT2D eigenvalue weighted by atomic mass is 16.3. The van der Waals surface area contributed by atoms with Crippen LogP contribution in [0.4, 0.5) is 5.69 Å². The molecule has 0 radical (unpaired) electrons. The standard InChI is InChI=1S/C22H20N4O3/c1-2-14-26-18-11-7-6-10-17(18)21(22(26)29)25-24-20(28)15-23-19(27)13-12-16-8-4-3-5-9-16/h1,3-11,29H,12-15H2,(H,23,27). The third-order valence-corrected chi connectivity index (χ3v) is 4.35. The second kappa shape index (κ2) is 9.33. The number of carbonyl (C=O) groups excluding carboxylic acids is 2. The Morgan fingerprint density at radius 1 is 1.10 bits per heavy atom. The molecule has 3 rings (SSSR count). The average Bonchev–Trinajstić information content (AvgIpc) is 3.01. The molecule has 1 aromatic heterocycles. The van der Waals surface area contributed by atoms with Gasteiger partial charge in [0.25, 0.3) is 5.91 Å². The molecular weight excluding hydrogens is 368 g/mol. The molecule has 29 heavy (non-hydrogen) atoms. The first kappa shape index (κ1) is 19.8. The van der Waals surface area contributed by atoms with Crippen LogP contribution in [-0.4, -0.2) is 28.0 Å². The number of fused-ring (bicyclic) bond motifs is 1. The highest BCUT2D eigenvalue weighted by Crippen LogP contribution is 2.38. The van der Waals surface area contributed by atoms with Gasteiger partial charge in [-0.2, -0.15) is 0 Å². The number of benzene rings is 2. The van der Waals surface area contributed by atoms with Gasteiger partial charge in [-0.05, 0) is 18.1 Å². The number of nitrogens with zero attached hydrogens (tertiary/aromatic N) is 3. The van der Waals surface area contributed by atoms with Crippen LogP contribution < -0.4 is 5.32 Å². The SMILES string of the molecule is C#CCn1c(O)c(N=NC(=O)CNC(=O)CCc2ccccc2)c2ccccc21. The molecule has 7 nitrogen and oxygen atoms in total. The van der Waals surface area contributed by atoms with Crippen LogP contribution in [0.2, 0.25) is 0 Å². The molecule has 146 valence electrons. The van der Waals surface area contributed by atoms with Gasteiger partial charge in [0.15, 0.2) is 5.69 Å². The zero-order valence-electron chi connectivity index (χ0n) is 15.7. The number of carbonyl (C=O) groups is 2. The van der Waals surface area contributed by atoms with Crippen LogP contribution in [-0.2, 0) is 22.6 Å². The number of terminal acetylenes is 1. The first-order valence-corrected chi connectivity index (χ1v) is 9.09. The molecule has 0 saturated heterocycles. The van der Waals surface area contributed by atoms with E-state index in [2.05, 4.69) is 21.5 Å². The predicted octanol–water partition coefficient (Wildman–Crippen LogP) is 3.34. The molecule has 2 N–H and O–H groups in total. The van der Waals surface area contributed by atoms with Crippen LogP contribution in [0, 0.1) is 12.3 Å². The summed E-state index contributed by atoms with van der Waals surface area (Å²) in [5.74, 6) is 1.44. The smallest absolute Gasteiger partial charge is 0.283 e. The first-order valence-electron chi connectivity index (χ1n) is 9.09. The van der Waals surface area contributed by atoms with E-state index in [1.165, 1.54) is 4.57 Å². The van der Waals surface area contributed by atoms with E-state index in [-0.39, 0.29) is 37.0 Å². The maximum Gasteiger partial charge on any atom is 0.283 e. The topological polar surface area (TPSA) is 96.0 Å². The van der Waals surface area contributed by atoms with Gasteiger partial charge in [0.05, 0.1) is 12.1 Å². The Labute approximate surface area is 168 Å². The molecule has 0 spiro atoms. The number of para-hydroxylation sites is 1. The Morgan fingerprint density at radius 2 is 1.83 bits per heavy atom. The van der Waals surface area contributed by atoms with Crippen molar-refractivity contribution in [3.8, 4) is 18.2 Å². The number of hydrogen-bond donors (Lipinski definition) is 2. The summed E-state index contributed by atoms with van der Waals surface area (Å²) in [7, 11) is 0. The number of aryl methyl sites for hydroxylation is 1. The van der Waals surface area contributed by atoms with Gasteiger partial charge in [0.2, 0.25) is 11.8 Å². The quantitative estimate of drug-likeness (QED) is 0.480. The fourth-order valence-electron chi connectivity index (χ4n) is 2.93. The van der Waals surface area contributed by atoms with Gasteiger partial charge in [0.1, 0.15) is 6.54 Å². The van der Waals surface area contributed by atoms with E-state index in [9.17, 15) is 14.7 Å². The fourth-order valence-corrected chi connectivity index (χ4v) is 2.93. The molecule has 0 aliphatic rings. The van der Waals surface area contributed by atoms with Crippen molar-refractivity contribution in [3.63, 3.8) is 0 Å². The summed E-state index contributed by atoms with van der Waals surface area (Å²) in [6.07, 6.45) is 6.21. The Bertz CT molecular complexity index is 1090. The minimum absolute atomic E-state index is 0.160. The normalized spacial score (nSPS) is 10.9. The zero-order valence-corrected chi connectivity index (χ0v) is 15.7. The van der Waals surface area contributed by atoms with Gasteiger partial charge in [-0.3, -0.25) is 14.2 Å². The van der Waals surface area contributed by atoms with Crippen molar-refractivity contribution >= 4 is 28.4 Å². The van der Waals surface area contributed by atoms with Crippen molar-refractivity contribution < 1.29 is 14.7 Å². The molecular formula is C22H20N4O3. The highest BCUT2D eigenvalue weighted by molar-refractivity contribution is 5.95. The van der Waals surface area contributed by atoms with Crippen molar-refractivity contribution in [2.24, 2.45) is 10.2 Å². The van der Waals surface area contributed by atoms with Gasteiger partial charge in [-0.25, -0.2) is 0 Å². The fraction of sp³-hybridized carbons (Fsp3) is 0.182. The summed E-state index contributed by atoms with van der Waals surface area (Å²) in [5.41, 5.74) is 1.91. The van der Waals surface area contributed by atoms with Gasteiger partial charge in [-0.1, -0.05) is 54.5 Å². The van der Waals surface area contributed by atoms with E-state index in [1.54, 1.807) is 18.2 Å². The number of amides is 2. The van der Waals surface area contributed by atoms with Crippen molar-refractivity contribution in [1.82, 2.24) is 9.88 Å². The lowest BCUT2D eigenvalue weighted by Crippen LogP contribution is -2.28. The molecule has 0 fully saturated rings. The van der Waals surface area contributed by atoms with E-state index in [0.717, 1.165) is 5.56 Å². The predicted molar refractivity (Wildman–Crippen MR) is 110 cm³/mol. The third kappa shape index (κ3) is 4.87. The summed E-state index contributed by atoms with van der Waals surface area (Å²) in [6, 6.07) is 16.8.